The molecule has 0 radical (unpaired) electrons. The highest BCUT2D eigenvalue weighted by molar-refractivity contribution is 5.19. The second-order valence-electron chi connectivity index (χ2n) is 8.92. The van der Waals surface area contributed by atoms with Crippen LogP contribution in [0.3, 0.4) is 0 Å². The van der Waals surface area contributed by atoms with Crippen LogP contribution in [-0.2, 0) is 6.42 Å². The minimum absolute atomic E-state index is 0.566. The van der Waals surface area contributed by atoms with Crippen LogP contribution >= 0.6 is 0 Å². The van der Waals surface area contributed by atoms with Crippen LogP contribution in [-0.4, -0.2) is 0 Å². The van der Waals surface area contributed by atoms with Gasteiger partial charge in [0.05, 0.1) is 0 Å². The highest BCUT2D eigenvalue weighted by Gasteiger charge is 2.29. The molecule has 0 nitrogen and oxygen atoms in total. The topological polar surface area (TPSA) is 0 Å². The molecule has 1 aromatic rings. The molecule has 0 spiro atoms. The van der Waals surface area contributed by atoms with Gasteiger partial charge in [-0.25, -0.2) is 13.2 Å². The molecule has 2 fully saturated rings. The number of halogens is 3. The highest BCUT2D eigenvalue weighted by atomic mass is 19.2. The average molecular weight is 367 g/mol. The van der Waals surface area contributed by atoms with Crippen molar-refractivity contribution in [1.29, 1.82) is 0 Å². The van der Waals surface area contributed by atoms with Crippen molar-refractivity contribution in [3.8, 4) is 0 Å². The minimum atomic E-state index is -1.36. The van der Waals surface area contributed by atoms with E-state index in [0.717, 1.165) is 48.6 Å². The van der Waals surface area contributed by atoms with E-state index in [2.05, 4.69) is 6.92 Å². The van der Waals surface area contributed by atoms with Gasteiger partial charge >= 0.3 is 0 Å². The van der Waals surface area contributed by atoms with Gasteiger partial charge in [-0.1, -0.05) is 45.4 Å². The van der Waals surface area contributed by atoms with Gasteiger partial charge in [-0.15, -0.1) is 0 Å². The van der Waals surface area contributed by atoms with E-state index in [1.54, 1.807) is 0 Å². The van der Waals surface area contributed by atoms with Crippen molar-refractivity contribution in [3.63, 3.8) is 0 Å². The smallest absolute Gasteiger partial charge is 0.194 e. The predicted molar refractivity (Wildman–Crippen MR) is 100 cm³/mol. The van der Waals surface area contributed by atoms with Crippen LogP contribution < -0.4 is 0 Å². The zero-order chi connectivity index (χ0) is 18.5. The summed E-state index contributed by atoms with van der Waals surface area (Å²) >= 11 is 0. The summed E-state index contributed by atoms with van der Waals surface area (Å²) in [6, 6.07) is 2.27. The second kappa shape index (κ2) is 9.28. The molecule has 1 aromatic carbocycles. The van der Waals surface area contributed by atoms with Gasteiger partial charge in [-0.3, -0.25) is 0 Å². The van der Waals surface area contributed by atoms with Crippen molar-refractivity contribution in [3.05, 3.63) is 35.1 Å². The molecule has 2 aliphatic rings. The fourth-order valence-electron chi connectivity index (χ4n) is 5.22. The van der Waals surface area contributed by atoms with E-state index < -0.39 is 17.5 Å². The summed E-state index contributed by atoms with van der Waals surface area (Å²) in [5.41, 5.74) is 0.566. The van der Waals surface area contributed by atoms with Gasteiger partial charge < -0.3 is 0 Å². The lowest BCUT2D eigenvalue weighted by Crippen LogP contribution is -2.25. The predicted octanol–water partition coefficient (Wildman–Crippen LogP) is 7.45. The zero-order valence-electron chi connectivity index (χ0n) is 16.1. The molecule has 3 rings (SSSR count). The lowest BCUT2D eigenvalue weighted by Gasteiger charge is -2.37. The maximum atomic E-state index is 13.2. The molecule has 146 valence electrons. The second-order valence-corrected chi connectivity index (χ2v) is 8.92. The van der Waals surface area contributed by atoms with Crippen molar-refractivity contribution >= 4 is 0 Å². The van der Waals surface area contributed by atoms with E-state index in [4.69, 9.17) is 0 Å². The normalized spacial score (nSPS) is 29.7. The zero-order valence-corrected chi connectivity index (χ0v) is 16.1. The van der Waals surface area contributed by atoms with Crippen molar-refractivity contribution in [2.75, 3.05) is 0 Å². The van der Waals surface area contributed by atoms with E-state index in [1.165, 1.54) is 57.8 Å². The Morgan fingerprint density at radius 2 is 1.31 bits per heavy atom. The summed E-state index contributed by atoms with van der Waals surface area (Å²) in [6.45, 7) is 2.39. The molecule has 26 heavy (non-hydrogen) atoms. The number of hydrogen-bond donors (Lipinski definition) is 0. The van der Waals surface area contributed by atoms with Crippen LogP contribution in [0.2, 0.25) is 0 Å². The van der Waals surface area contributed by atoms with Crippen molar-refractivity contribution in [2.24, 2.45) is 23.7 Å². The maximum absolute atomic E-state index is 13.2. The molecular weight excluding hydrogens is 333 g/mol. The lowest BCUT2D eigenvalue weighted by atomic mass is 9.69. The molecule has 0 N–H and O–H groups in total. The molecule has 2 saturated carbocycles. The van der Waals surface area contributed by atoms with Crippen LogP contribution in [0, 0.1) is 41.1 Å². The third kappa shape index (κ3) is 5.27. The van der Waals surface area contributed by atoms with Crippen LogP contribution in [0.25, 0.3) is 0 Å². The van der Waals surface area contributed by atoms with Crippen LogP contribution in [0.1, 0.15) is 83.1 Å². The SMILES string of the molecule is CC1CCC(C2CCC(CCCCc3cc(F)c(F)c(F)c3)CC2)CC1. The standard InChI is InChI=1S/C23H33F3/c1-16-6-10-19(11-7-16)20-12-8-17(9-13-20)4-2-3-5-18-14-21(24)23(26)22(25)15-18/h14-17,19-20H,2-13H2,1H3. The molecule has 0 atom stereocenters. The van der Waals surface area contributed by atoms with Gasteiger partial charge in [0.25, 0.3) is 0 Å². The Kier molecular flexibility index (Phi) is 7.05. The van der Waals surface area contributed by atoms with Crippen molar-refractivity contribution < 1.29 is 13.2 Å². The molecule has 0 saturated heterocycles. The number of hydrogen-bond acceptors (Lipinski definition) is 0. The summed E-state index contributed by atoms with van der Waals surface area (Å²) in [6.07, 6.45) is 15.1. The minimum Gasteiger partial charge on any atom is -0.204 e. The first-order valence-corrected chi connectivity index (χ1v) is 10.7. The Bertz CT molecular complexity index is 544. The molecule has 0 bridgehead atoms. The summed E-state index contributed by atoms with van der Waals surface area (Å²) < 4.78 is 39.5. The largest absolute Gasteiger partial charge is 0.204 e. The fraction of sp³-hybridized carbons (Fsp3) is 0.739. The Balaban J connectivity index is 1.33. The van der Waals surface area contributed by atoms with E-state index in [-0.39, 0.29) is 0 Å². The first kappa shape index (κ1) is 19.8. The molecular formula is C23H33F3. The molecule has 0 heterocycles. The maximum Gasteiger partial charge on any atom is 0.194 e. The molecule has 0 aromatic heterocycles. The summed E-state index contributed by atoms with van der Waals surface area (Å²) in [4.78, 5) is 0. The van der Waals surface area contributed by atoms with E-state index in [9.17, 15) is 13.2 Å². The third-order valence-corrected chi connectivity index (χ3v) is 6.99. The van der Waals surface area contributed by atoms with Gasteiger partial charge in [0.1, 0.15) is 0 Å². The Morgan fingerprint density at radius 3 is 1.88 bits per heavy atom. The quantitative estimate of drug-likeness (QED) is 0.362. The first-order valence-electron chi connectivity index (χ1n) is 10.7. The monoisotopic (exact) mass is 366 g/mol. The molecule has 3 heteroatoms. The summed E-state index contributed by atoms with van der Waals surface area (Å²) in [7, 11) is 0. The number of unbranched alkanes of at least 4 members (excludes halogenated alkanes) is 1. The van der Waals surface area contributed by atoms with Crippen LogP contribution in [0.15, 0.2) is 12.1 Å². The van der Waals surface area contributed by atoms with E-state index in [1.807, 2.05) is 0 Å². The highest BCUT2D eigenvalue weighted by Crippen LogP contribution is 2.42. The molecule has 0 aliphatic heterocycles. The van der Waals surface area contributed by atoms with Gasteiger partial charge in [-0.2, -0.15) is 0 Å². The molecule has 0 unspecified atom stereocenters. The van der Waals surface area contributed by atoms with Gasteiger partial charge in [0, 0.05) is 0 Å². The Hall–Kier alpha value is -0.990. The molecule has 2 aliphatic carbocycles. The van der Waals surface area contributed by atoms with E-state index >= 15 is 0 Å². The average Bonchev–Trinajstić information content (AvgIpc) is 2.64. The van der Waals surface area contributed by atoms with Gasteiger partial charge in [0.2, 0.25) is 0 Å². The number of benzene rings is 1. The first-order chi connectivity index (χ1) is 12.5. The number of aryl methyl sites for hydroxylation is 1. The Morgan fingerprint density at radius 1 is 0.769 bits per heavy atom. The van der Waals surface area contributed by atoms with Crippen molar-refractivity contribution in [1.82, 2.24) is 0 Å². The fourth-order valence-corrected chi connectivity index (χ4v) is 5.22. The lowest BCUT2D eigenvalue weighted by molar-refractivity contribution is 0.146. The van der Waals surface area contributed by atoms with Gasteiger partial charge in [0.15, 0.2) is 17.5 Å². The third-order valence-electron chi connectivity index (χ3n) is 6.99. The molecule has 0 amide bonds. The van der Waals surface area contributed by atoms with Crippen molar-refractivity contribution in [2.45, 2.75) is 84.0 Å². The van der Waals surface area contributed by atoms with Gasteiger partial charge in [-0.05, 0) is 79.9 Å². The number of rotatable bonds is 6. The van der Waals surface area contributed by atoms with Crippen LogP contribution in [0.5, 0.6) is 0 Å². The Labute approximate surface area is 156 Å². The van der Waals surface area contributed by atoms with Crippen LogP contribution in [0.4, 0.5) is 13.2 Å². The van der Waals surface area contributed by atoms with E-state index in [0.29, 0.717) is 12.0 Å². The summed E-state index contributed by atoms with van der Waals surface area (Å²) in [5.74, 6) is 0.198. The summed E-state index contributed by atoms with van der Waals surface area (Å²) in [5, 5.41) is 0.